The summed E-state index contributed by atoms with van der Waals surface area (Å²) >= 11 is 0. The lowest BCUT2D eigenvalue weighted by atomic mass is 9.81. The van der Waals surface area contributed by atoms with Gasteiger partial charge < -0.3 is 10.6 Å². The molecule has 3 rings (SSSR count). The first-order valence-electron chi connectivity index (χ1n) is 8.77. The Balaban J connectivity index is 1.68. The van der Waals surface area contributed by atoms with Gasteiger partial charge in [-0.05, 0) is 55.0 Å². The molecule has 1 aliphatic heterocycles. The molecule has 24 heavy (non-hydrogen) atoms. The number of carbonyl (C=O) groups excluding carboxylic acids is 1. The molecular weight excluding hydrogens is 296 g/mol. The Labute approximate surface area is 144 Å². The van der Waals surface area contributed by atoms with Gasteiger partial charge >= 0.3 is 0 Å². The van der Waals surface area contributed by atoms with Crippen molar-refractivity contribution >= 4 is 5.91 Å². The van der Waals surface area contributed by atoms with Crippen LogP contribution in [0.5, 0.6) is 0 Å². The lowest BCUT2D eigenvalue weighted by molar-refractivity contribution is 0.0921. The molecule has 0 aromatic heterocycles. The van der Waals surface area contributed by atoms with Crippen LogP contribution in [0.3, 0.4) is 0 Å². The molecule has 0 unspecified atom stereocenters. The molecule has 1 aliphatic rings. The fourth-order valence-electron chi connectivity index (χ4n) is 3.31. The van der Waals surface area contributed by atoms with E-state index in [0.717, 1.165) is 50.0 Å². The van der Waals surface area contributed by atoms with E-state index in [2.05, 4.69) is 29.7 Å². The predicted octanol–water partition coefficient (Wildman–Crippen LogP) is 3.40. The van der Waals surface area contributed by atoms with Crippen molar-refractivity contribution < 1.29 is 4.79 Å². The molecule has 1 amide bonds. The molecule has 1 heterocycles. The number of hydrogen-bond donors (Lipinski definition) is 2. The third kappa shape index (κ3) is 4.24. The summed E-state index contributed by atoms with van der Waals surface area (Å²) in [5.41, 5.74) is 3.30. The Hall–Kier alpha value is -2.13. The highest BCUT2D eigenvalue weighted by molar-refractivity contribution is 5.95. The fourth-order valence-corrected chi connectivity index (χ4v) is 3.31. The third-order valence-electron chi connectivity index (χ3n) is 4.99. The number of hydrogen-bond acceptors (Lipinski definition) is 2. The monoisotopic (exact) mass is 322 g/mol. The molecule has 0 spiro atoms. The zero-order valence-corrected chi connectivity index (χ0v) is 14.3. The second-order valence-electron chi connectivity index (χ2n) is 7.06. The van der Waals surface area contributed by atoms with E-state index in [4.69, 9.17) is 0 Å². The number of benzene rings is 2. The van der Waals surface area contributed by atoms with Crippen LogP contribution in [0.1, 0.15) is 41.3 Å². The van der Waals surface area contributed by atoms with E-state index in [1.54, 1.807) is 0 Å². The Kier molecular flexibility index (Phi) is 5.31. The number of piperidine rings is 1. The predicted molar refractivity (Wildman–Crippen MR) is 98.2 cm³/mol. The number of rotatable bonds is 5. The Bertz CT molecular complexity index is 675. The molecule has 3 nitrogen and oxygen atoms in total. The molecule has 126 valence electrons. The highest BCUT2D eigenvalue weighted by Gasteiger charge is 2.27. The third-order valence-corrected chi connectivity index (χ3v) is 4.99. The number of nitrogens with one attached hydrogen (secondary N) is 2. The molecule has 3 heteroatoms. The average molecular weight is 322 g/mol. The van der Waals surface area contributed by atoms with Crippen molar-refractivity contribution in [2.24, 2.45) is 5.41 Å². The van der Waals surface area contributed by atoms with Crippen molar-refractivity contribution in [3.05, 3.63) is 71.3 Å². The molecule has 0 bridgehead atoms. The van der Waals surface area contributed by atoms with Gasteiger partial charge in [0.1, 0.15) is 0 Å². The smallest absolute Gasteiger partial charge is 0.251 e. The van der Waals surface area contributed by atoms with Crippen LogP contribution in [-0.4, -0.2) is 25.5 Å². The summed E-state index contributed by atoms with van der Waals surface area (Å²) in [6.07, 6.45) is 3.00. The lowest BCUT2D eigenvalue weighted by Crippen LogP contribution is -2.43. The summed E-state index contributed by atoms with van der Waals surface area (Å²) in [6, 6.07) is 18.2. The van der Waals surface area contributed by atoms with Gasteiger partial charge in [0.25, 0.3) is 5.91 Å². The van der Waals surface area contributed by atoms with Gasteiger partial charge in [0.05, 0.1) is 0 Å². The van der Waals surface area contributed by atoms with Gasteiger partial charge in [-0.15, -0.1) is 0 Å². The standard InChI is InChI=1S/C21H26N2O/c1-21(11-13-22-14-12-21)16-23-20(24)19-10-6-5-9-18(19)15-17-7-3-2-4-8-17/h2-10,22H,11-16H2,1H3,(H,23,24). The molecule has 0 saturated carbocycles. The molecule has 0 atom stereocenters. The Morgan fingerprint density at radius 3 is 2.46 bits per heavy atom. The molecule has 2 N–H and O–H groups in total. The van der Waals surface area contributed by atoms with Gasteiger partial charge in [0.15, 0.2) is 0 Å². The second kappa shape index (κ2) is 7.63. The van der Waals surface area contributed by atoms with Crippen molar-refractivity contribution in [2.75, 3.05) is 19.6 Å². The first-order chi connectivity index (χ1) is 11.7. The van der Waals surface area contributed by atoms with Gasteiger partial charge in [-0.3, -0.25) is 4.79 Å². The zero-order valence-electron chi connectivity index (χ0n) is 14.3. The van der Waals surface area contributed by atoms with Crippen LogP contribution in [0, 0.1) is 5.41 Å². The molecule has 1 saturated heterocycles. The van der Waals surface area contributed by atoms with Gasteiger partial charge in [0, 0.05) is 12.1 Å². The second-order valence-corrected chi connectivity index (χ2v) is 7.06. The van der Waals surface area contributed by atoms with Gasteiger partial charge in [-0.25, -0.2) is 0 Å². The molecule has 0 aliphatic carbocycles. The van der Waals surface area contributed by atoms with Crippen LogP contribution in [0.15, 0.2) is 54.6 Å². The topological polar surface area (TPSA) is 41.1 Å². The summed E-state index contributed by atoms with van der Waals surface area (Å²) in [5.74, 6) is 0.0429. The largest absolute Gasteiger partial charge is 0.351 e. The molecule has 2 aromatic carbocycles. The van der Waals surface area contributed by atoms with Crippen molar-refractivity contribution in [3.63, 3.8) is 0 Å². The minimum Gasteiger partial charge on any atom is -0.351 e. The van der Waals surface area contributed by atoms with E-state index >= 15 is 0 Å². The minimum absolute atomic E-state index is 0.0429. The van der Waals surface area contributed by atoms with Crippen molar-refractivity contribution in [1.29, 1.82) is 0 Å². The van der Waals surface area contributed by atoms with Gasteiger partial charge in [-0.1, -0.05) is 55.5 Å². The molecule has 1 fully saturated rings. The summed E-state index contributed by atoms with van der Waals surface area (Å²) in [7, 11) is 0. The van der Waals surface area contributed by atoms with Crippen LogP contribution in [-0.2, 0) is 6.42 Å². The van der Waals surface area contributed by atoms with E-state index < -0.39 is 0 Å². The minimum atomic E-state index is 0.0429. The number of carbonyl (C=O) groups is 1. The summed E-state index contributed by atoms with van der Waals surface area (Å²) in [4.78, 5) is 12.7. The van der Waals surface area contributed by atoms with E-state index in [1.165, 1.54) is 5.56 Å². The van der Waals surface area contributed by atoms with Crippen LogP contribution >= 0.6 is 0 Å². The SMILES string of the molecule is CC1(CNC(=O)c2ccccc2Cc2ccccc2)CCNCC1. The number of amides is 1. The summed E-state index contributed by atoms with van der Waals surface area (Å²) in [6.45, 7) is 5.09. The van der Waals surface area contributed by atoms with E-state index in [9.17, 15) is 4.79 Å². The quantitative estimate of drug-likeness (QED) is 0.886. The Morgan fingerprint density at radius 2 is 1.71 bits per heavy atom. The van der Waals surface area contributed by atoms with Crippen LogP contribution < -0.4 is 10.6 Å². The van der Waals surface area contributed by atoms with Crippen LogP contribution in [0.25, 0.3) is 0 Å². The maximum absolute atomic E-state index is 12.7. The zero-order chi connectivity index (χ0) is 16.8. The Morgan fingerprint density at radius 1 is 1.04 bits per heavy atom. The highest BCUT2D eigenvalue weighted by atomic mass is 16.1. The van der Waals surface area contributed by atoms with Crippen LogP contribution in [0.2, 0.25) is 0 Å². The van der Waals surface area contributed by atoms with E-state index in [0.29, 0.717) is 0 Å². The normalized spacial score (nSPS) is 16.5. The maximum Gasteiger partial charge on any atom is 0.251 e. The van der Waals surface area contributed by atoms with E-state index in [-0.39, 0.29) is 11.3 Å². The van der Waals surface area contributed by atoms with E-state index in [1.807, 2.05) is 42.5 Å². The summed E-state index contributed by atoms with van der Waals surface area (Å²) in [5, 5.41) is 6.55. The fraction of sp³-hybridized carbons (Fsp3) is 0.381. The first-order valence-corrected chi connectivity index (χ1v) is 8.77. The van der Waals surface area contributed by atoms with Crippen molar-refractivity contribution in [3.8, 4) is 0 Å². The average Bonchev–Trinajstić information content (AvgIpc) is 2.62. The van der Waals surface area contributed by atoms with Crippen LogP contribution in [0.4, 0.5) is 0 Å². The lowest BCUT2D eigenvalue weighted by Gasteiger charge is -2.34. The molecule has 2 aromatic rings. The van der Waals surface area contributed by atoms with Crippen molar-refractivity contribution in [1.82, 2.24) is 10.6 Å². The van der Waals surface area contributed by atoms with Gasteiger partial charge in [0.2, 0.25) is 0 Å². The first kappa shape index (κ1) is 16.7. The maximum atomic E-state index is 12.7. The molecule has 0 radical (unpaired) electrons. The molecular formula is C21H26N2O. The highest BCUT2D eigenvalue weighted by Crippen LogP contribution is 2.27. The van der Waals surface area contributed by atoms with Gasteiger partial charge in [-0.2, -0.15) is 0 Å². The summed E-state index contributed by atoms with van der Waals surface area (Å²) < 4.78 is 0. The van der Waals surface area contributed by atoms with Crippen molar-refractivity contribution in [2.45, 2.75) is 26.2 Å².